The number of aryl methyl sites for hydroxylation is 2. The van der Waals surface area contributed by atoms with Crippen molar-refractivity contribution in [3.8, 4) is 0 Å². The second kappa shape index (κ2) is 9.59. The maximum atomic E-state index is 11.0. The van der Waals surface area contributed by atoms with Crippen LogP contribution in [0.4, 0.5) is 5.82 Å². The highest BCUT2D eigenvalue weighted by molar-refractivity contribution is 7.82. The van der Waals surface area contributed by atoms with E-state index in [-0.39, 0.29) is 0 Å². The summed E-state index contributed by atoms with van der Waals surface area (Å²) in [4.78, 5) is 9.40. The van der Waals surface area contributed by atoms with E-state index in [0.29, 0.717) is 38.7 Å². The van der Waals surface area contributed by atoms with Gasteiger partial charge in [-0.25, -0.2) is 18.9 Å². The molecular weight excluding hydrogens is 366 g/mol. The lowest BCUT2D eigenvalue weighted by molar-refractivity contribution is 0.131. The number of aromatic nitrogens is 3. The Balaban J connectivity index is 1.83. The number of nitrogens with one attached hydrogen (secondary N) is 1. The summed E-state index contributed by atoms with van der Waals surface area (Å²) < 4.78 is 27.1. The van der Waals surface area contributed by atoms with Crippen LogP contribution in [-0.2, 0) is 46.3 Å². The summed E-state index contributed by atoms with van der Waals surface area (Å²) in [5.41, 5.74) is 10.5. The van der Waals surface area contributed by atoms with E-state index in [9.17, 15) is 4.21 Å². The van der Waals surface area contributed by atoms with Crippen LogP contribution in [0.5, 0.6) is 0 Å². The Morgan fingerprint density at radius 1 is 1.22 bits per heavy atom. The van der Waals surface area contributed by atoms with Crippen molar-refractivity contribution in [3.05, 3.63) is 17.1 Å². The van der Waals surface area contributed by atoms with Gasteiger partial charge < -0.3 is 19.8 Å². The Kier molecular flexibility index (Phi) is 7.17. The van der Waals surface area contributed by atoms with Crippen LogP contribution in [0.15, 0.2) is 0 Å². The van der Waals surface area contributed by atoms with Crippen molar-refractivity contribution in [1.29, 1.82) is 0 Å². The van der Waals surface area contributed by atoms with Crippen molar-refractivity contribution in [2.45, 2.75) is 38.6 Å². The van der Waals surface area contributed by atoms with E-state index in [4.69, 9.17) is 20.2 Å². The first-order valence-electron chi connectivity index (χ1n) is 9.41. The second-order valence-electron chi connectivity index (χ2n) is 6.71. The number of pyridine rings is 1. The lowest BCUT2D eigenvalue weighted by Crippen LogP contribution is -2.22. The molecule has 150 valence electrons. The first-order valence-corrected chi connectivity index (χ1v) is 11.0. The molecule has 0 fully saturated rings. The summed E-state index contributed by atoms with van der Waals surface area (Å²) in [6.07, 6.45) is 6.65. The molecule has 0 spiro atoms. The van der Waals surface area contributed by atoms with Crippen LogP contribution >= 0.6 is 0 Å². The van der Waals surface area contributed by atoms with Crippen LogP contribution in [-0.4, -0.2) is 58.5 Å². The quantitative estimate of drug-likeness (QED) is 0.581. The average molecular weight is 396 g/mol. The molecule has 1 atom stereocenters. The number of hydrogen-bond acceptors (Lipinski definition) is 6. The largest absolute Gasteiger partial charge is 0.384 e. The zero-order valence-electron chi connectivity index (χ0n) is 16.1. The number of anilines is 1. The van der Waals surface area contributed by atoms with Crippen molar-refractivity contribution in [3.63, 3.8) is 0 Å². The third-order valence-electron chi connectivity index (χ3n) is 4.81. The summed E-state index contributed by atoms with van der Waals surface area (Å²) in [6, 6.07) is 0. The number of methoxy groups -OCH3 is 1. The summed E-state index contributed by atoms with van der Waals surface area (Å²) in [7, 11) is 0.682. The zero-order chi connectivity index (χ0) is 19.2. The fourth-order valence-electron chi connectivity index (χ4n) is 3.59. The molecule has 0 amide bonds. The standard InChI is InChI=1S/C18H29N5O3S/c1-25-10-7-15-22-16-17(13-5-3-4-6-14(13)21-18(16)19)23(15)9-12-26-11-8-20-27(2)24/h20H,3-12H2,1-2H3,(H2,19,21). The molecule has 27 heavy (non-hydrogen) atoms. The van der Waals surface area contributed by atoms with Gasteiger partial charge >= 0.3 is 0 Å². The average Bonchev–Trinajstić information content (AvgIpc) is 3.02. The molecule has 1 aliphatic rings. The van der Waals surface area contributed by atoms with Gasteiger partial charge in [-0.1, -0.05) is 0 Å². The number of nitrogen functional groups attached to an aromatic ring is 1. The van der Waals surface area contributed by atoms with E-state index in [1.54, 1.807) is 13.4 Å². The minimum atomic E-state index is -1.01. The predicted molar refractivity (Wildman–Crippen MR) is 107 cm³/mol. The van der Waals surface area contributed by atoms with Crippen molar-refractivity contribution >= 4 is 27.8 Å². The number of hydrogen-bond donors (Lipinski definition) is 2. The molecule has 0 radical (unpaired) electrons. The van der Waals surface area contributed by atoms with Crippen LogP contribution in [0.1, 0.15) is 29.9 Å². The van der Waals surface area contributed by atoms with Gasteiger partial charge in [-0.2, -0.15) is 0 Å². The normalized spacial score (nSPS) is 15.2. The first-order chi connectivity index (χ1) is 13.1. The van der Waals surface area contributed by atoms with E-state index in [2.05, 4.69) is 14.3 Å². The molecule has 0 aromatic carbocycles. The predicted octanol–water partition coefficient (Wildman–Crippen LogP) is 0.981. The number of fused-ring (bicyclic) bond motifs is 3. The fourth-order valence-corrected chi connectivity index (χ4v) is 3.96. The highest BCUT2D eigenvalue weighted by Crippen LogP contribution is 2.31. The molecule has 1 unspecified atom stereocenters. The van der Waals surface area contributed by atoms with Gasteiger partial charge in [0.1, 0.15) is 11.3 Å². The van der Waals surface area contributed by atoms with E-state index >= 15 is 0 Å². The van der Waals surface area contributed by atoms with Crippen LogP contribution in [0.25, 0.3) is 11.0 Å². The van der Waals surface area contributed by atoms with E-state index in [1.165, 1.54) is 12.0 Å². The third kappa shape index (κ3) is 4.84. The molecule has 0 saturated carbocycles. The van der Waals surface area contributed by atoms with Gasteiger partial charge in [-0.05, 0) is 31.2 Å². The maximum Gasteiger partial charge on any atom is 0.151 e. The highest BCUT2D eigenvalue weighted by atomic mass is 32.2. The van der Waals surface area contributed by atoms with Crippen molar-refractivity contribution in [2.24, 2.45) is 0 Å². The van der Waals surface area contributed by atoms with Crippen LogP contribution < -0.4 is 10.5 Å². The molecule has 2 aromatic rings. The Morgan fingerprint density at radius 2 is 2.04 bits per heavy atom. The van der Waals surface area contributed by atoms with Gasteiger partial charge in [0.05, 0.1) is 36.3 Å². The van der Waals surface area contributed by atoms with Gasteiger partial charge in [-0.15, -0.1) is 0 Å². The van der Waals surface area contributed by atoms with Gasteiger partial charge in [-0.3, -0.25) is 0 Å². The Hall–Kier alpha value is -1.55. The monoisotopic (exact) mass is 395 g/mol. The van der Waals surface area contributed by atoms with Crippen LogP contribution in [0.2, 0.25) is 0 Å². The lowest BCUT2D eigenvalue weighted by atomic mass is 9.95. The molecule has 0 bridgehead atoms. The smallest absolute Gasteiger partial charge is 0.151 e. The SMILES string of the molecule is COCCc1nc2c(N)nc3c(c2n1CCOCCNS(C)=O)CCCC3. The molecule has 8 nitrogen and oxygen atoms in total. The molecule has 0 aliphatic heterocycles. The summed E-state index contributed by atoms with van der Waals surface area (Å²) >= 11 is 0. The Morgan fingerprint density at radius 3 is 2.81 bits per heavy atom. The minimum absolute atomic E-state index is 0.513. The molecule has 1 aliphatic carbocycles. The van der Waals surface area contributed by atoms with Crippen LogP contribution in [0.3, 0.4) is 0 Å². The maximum absolute atomic E-state index is 11.0. The molecule has 2 heterocycles. The topological polar surface area (TPSA) is 104 Å². The third-order valence-corrected chi connectivity index (χ3v) is 5.42. The van der Waals surface area contributed by atoms with Crippen LogP contribution in [0, 0.1) is 0 Å². The van der Waals surface area contributed by atoms with Gasteiger partial charge in [0, 0.05) is 38.6 Å². The second-order valence-corrected chi connectivity index (χ2v) is 7.91. The number of ether oxygens (including phenoxy) is 2. The molecule has 9 heteroatoms. The van der Waals surface area contributed by atoms with E-state index in [1.807, 2.05) is 0 Å². The number of imidazole rings is 1. The summed E-state index contributed by atoms with van der Waals surface area (Å²) in [5.74, 6) is 1.47. The van der Waals surface area contributed by atoms with Gasteiger partial charge in [0.2, 0.25) is 0 Å². The number of nitrogens with zero attached hydrogens (tertiary/aromatic N) is 3. The van der Waals surface area contributed by atoms with Gasteiger partial charge in [0.25, 0.3) is 0 Å². The fraction of sp³-hybridized carbons (Fsp3) is 0.667. The van der Waals surface area contributed by atoms with Gasteiger partial charge in [0.15, 0.2) is 5.82 Å². The van der Waals surface area contributed by atoms with Crippen molar-refractivity contribution in [2.75, 3.05) is 45.5 Å². The number of nitrogens with two attached hydrogens (primary N) is 1. The van der Waals surface area contributed by atoms with E-state index in [0.717, 1.165) is 48.2 Å². The lowest BCUT2D eigenvalue weighted by Gasteiger charge is -2.18. The minimum Gasteiger partial charge on any atom is -0.384 e. The van der Waals surface area contributed by atoms with Crippen molar-refractivity contribution < 1.29 is 13.7 Å². The Bertz CT molecular complexity index is 808. The molecule has 2 aromatic heterocycles. The first kappa shape index (κ1) is 20.2. The highest BCUT2D eigenvalue weighted by Gasteiger charge is 2.22. The van der Waals surface area contributed by atoms with E-state index < -0.39 is 11.0 Å². The zero-order valence-corrected chi connectivity index (χ0v) is 16.9. The molecule has 3 N–H and O–H groups in total. The summed E-state index contributed by atoms with van der Waals surface area (Å²) in [6.45, 7) is 2.94. The molecule has 0 saturated heterocycles. The summed E-state index contributed by atoms with van der Waals surface area (Å²) in [5, 5.41) is 0. The Labute approximate surface area is 162 Å². The molecule has 3 rings (SSSR count). The van der Waals surface area contributed by atoms with Crippen molar-refractivity contribution in [1.82, 2.24) is 19.3 Å². The molecular formula is C18H29N5O3S. The number of rotatable bonds is 10.